The van der Waals surface area contributed by atoms with Crippen molar-refractivity contribution >= 4 is 40.5 Å². The van der Waals surface area contributed by atoms with Crippen molar-refractivity contribution in [3.05, 3.63) is 59.7 Å². The van der Waals surface area contributed by atoms with Gasteiger partial charge in [-0.15, -0.1) is 0 Å². The van der Waals surface area contributed by atoms with Gasteiger partial charge >= 0.3 is 0 Å². The van der Waals surface area contributed by atoms with Crippen LogP contribution in [0.1, 0.15) is 57.5 Å². The Morgan fingerprint density at radius 3 is 1.69 bits per heavy atom. The van der Waals surface area contributed by atoms with E-state index in [9.17, 15) is 9.59 Å². The third kappa shape index (κ3) is 6.68. The Kier molecular flexibility index (Phi) is 6.80. The fraction of sp³-hybridized carbons (Fsp3) is 0.348. The molecular weight excluding hydrogens is 382 g/mol. The lowest BCUT2D eigenvalue weighted by atomic mass is 9.87. The number of rotatable bonds is 3. The molecule has 0 aliphatic rings. The second-order valence-electron chi connectivity index (χ2n) is 9.02. The molecule has 0 aromatic heterocycles. The fourth-order valence-corrected chi connectivity index (χ4v) is 2.63. The first kappa shape index (κ1) is 22.6. The first-order valence-electron chi connectivity index (χ1n) is 9.51. The summed E-state index contributed by atoms with van der Waals surface area (Å²) >= 11 is 5.24. The largest absolute Gasteiger partial charge is 0.332 e. The van der Waals surface area contributed by atoms with E-state index in [1.165, 1.54) is 0 Å². The average Bonchev–Trinajstić information content (AvgIpc) is 2.61. The Labute approximate surface area is 178 Å². The fourth-order valence-electron chi connectivity index (χ4n) is 2.41. The van der Waals surface area contributed by atoms with Gasteiger partial charge in [-0.2, -0.15) is 0 Å². The highest BCUT2D eigenvalue weighted by Crippen LogP contribution is 2.22. The summed E-state index contributed by atoms with van der Waals surface area (Å²) in [4.78, 5) is 24.4. The maximum atomic E-state index is 12.4. The minimum absolute atomic E-state index is 0.0321. The van der Waals surface area contributed by atoms with Crippen LogP contribution in [-0.4, -0.2) is 16.9 Å². The quantitative estimate of drug-likeness (QED) is 0.615. The third-order valence-electron chi connectivity index (χ3n) is 4.32. The standard InChI is InChI=1S/C23H29N3O2S/c1-22(2,3)16-9-7-15(8-10-16)19(27)26-21(29)25-18-13-11-17(12-14-18)24-20(28)23(4,5)6/h7-14H,1-6H3,(H,24,28)(H2,25,26,27,29). The number of hydrogen-bond donors (Lipinski definition) is 3. The van der Waals surface area contributed by atoms with Gasteiger partial charge in [0.2, 0.25) is 5.91 Å². The zero-order chi connectivity index (χ0) is 21.8. The topological polar surface area (TPSA) is 70.2 Å². The molecule has 0 radical (unpaired) electrons. The van der Waals surface area contributed by atoms with Crippen molar-refractivity contribution in [3.8, 4) is 0 Å². The number of nitrogens with one attached hydrogen (secondary N) is 3. The molecule has 2 aromatic carbocycles. The van der Waals surface area contributed by atoms with Crippen molar-refractivity contribution in [1.29, 1.82) is 0 Å². The van der Waals surface area contributed by atoms with E-state index in [0.717, 1.165) is 5.56 Å². The van der Waals surface area contributed by atoms with Crippen LogP contribution in [0.15, 0.2) is 48.5 Å². The number of hydrogen-bond acceptors (Lipinski definition) is 3. The van der Waals surface area contributed by atoms with Crippen molar-refractivity contribution in [1.82, 2.24) is 5.32 Å². The second-order valence-corrected chi connectivity index (χ2v) is 9.43. The summed E-state index contributed by atoms with van der Waals surface area (Å²) in [6, 6.07) is 14.6. The minimum Gasteiger partial charge on any atom is -0.332 e. The van der Waals surface area contributed by atoms with Crippen LogP contribution in [0, 0.1) is 5.41 Å². The van der Waals surface area contributed by atoms with Gasteiger partial charge in [0.1, 0.15) is 0 Å². The van der Waals surface area contributed by atoms with E-state index in [1.807, 2.05) is 32.9 Å². The van der Waals surface area contributed by atoms with Crippen molar-refractivity contribution in [3.63, 3.8) is 0 Å². The molecule has 0 aliphatic carbocycles. The molecule has 154 valence electrons. The van der Waals surface area contributed by atoms with Crippen molar-refractivity contribution in [2.75, 3.05) is 10.6 Å². The third-order valence-corrected chi connectivity index (χ3v) is 4.53. The van der Waals surface area contributed by atoms with Crippen LogP contribution < -0.4 is 16.0 Å². The van der Waals surface area contributed by atoms with E-state index in [-0.39, 0.29) is 22.3 Å². The predicted octanol–water partition coefficient (Wildman–Crippen LogP) is 5.10. The number of anilines is 2. The smallest absolute Gasteiger partial charge is 0.257 e. The SMILES string of the molecule is CC(C)(C)C(=O)Nc1ccc(NC(=S)NC(=O)c2ccc(C(C)(C)C)cc2)cc1. The van der Waals surface area contributed by atoms with Crippen molar-refractivity contribution in [2.45, 2.75) is 47.0 Å². The van der Waals surface area contributed by atoms with Crippen LogP contribution in [0.4, 0.5) is 11.4 Å². The minimum atomic E-state index is -0.464. The molecule has 6 heteroatoms. The van der Waals surface area contributed by atoms with Gasteiger partial charge in [-0.25, -0.2) is 0 Å². The van der Waals surface area contributed by atoms with Crippen LogP contribution in [0.5, 0.6) is 0 Å². The Hall–Kier alpha value is -2.73. The molecule has 2 amide bonds. The second kappa shape index (κ2) is 8.74. The monoisotopic (exact) mass is 411 g/mol. The van der Waals surface area contributed by atoms with Gasteiger partial charge in [0.05, 0.1) is 0 Å². The molecule has 0 aliphatic heterocycles. The Bertz CT molecular complexity index is 890. The number of carbonyl (C=O) groups is 2. The van der Waals surface area contributed by atoms with Gasteiger partial charge in [-0.3, -0.25) is 14.9 Å². The molecule has 3 N–H and O–H groups in total. The highest BCUT2D eigenvalue weighted by atomic mass is 32.1. The number of amides is 2. The summed E-state index contributed by atoms with van der Waals surface area (Å²) in [5, 5.41) is 8.73. The molecule has 0 heterocycles. The van der Waals surface area contributed by atoms with Crippen molar-refractivity contribution in [2.24, 2.45) is 5.41 Å². The maximum absolute atomic E-state index is 12.4. The number of thiocarbonyl (C=S) groups is 1. The first-order chi connectivity index (χ1) is 13.4. The van der Waals surface area contributed by atoms with Crippen LogP contribution in [0.3, 0.4) is 0 Å². The average molecular weight is 412 g/mol. The first-order valence-corrected chi connectivity index (χ1v) is 9.91. The summed E-state index contributed by atoms with van der Waals surface area (Å²) in [6.45, 7) is 11.9. The summed E-state index contributed by atoms with van der Waals surface area (Å²) in [5.41, 5.74) is 2.69. The molecule has 0 unspecified atom stereocenters. The van der Waals surface area contributed by atoms with Crippen LogP contribution >= 0.6 is 12.2 Å². The predicted molar refractivity (Wildman–Crippen MR) is 123 cm³/mol. The lowest BCUT2D eigenvalue weighted by Gasteiger charge is -2.19. The molecule has 29 heavy (non-hydrogen) atoms. The van der Waals surface area contributed by atoms with Crippen LogP contribution in [0.25, 0.3) is 0 Å². The molecule has 2 aromatic rings. The van der Waals surface area contributed by atoms with Gasteiger partial charge in [-0.1, -0.05) is 53.7 Å². The van der Waals surface area contributed by atoms with Gasteiger partial charge in [0.25, 0.3) is 5.91 Å². The summed E-state index contributed by atoms with van der Waals surface area (Å²) < 4.78 is 0. The molecule has 5 nitrogen and oxygen atoms in total. The Morgan fingerprint density at radius 2 is 1.24 bits per heavy atom. The molecule has 0 fully saturated rings. The maximum Gasteiger partial charge on any atom is 0.257 e. The number of benzene rings is 2. The van der Waals surface area contributed by atoms with Gasteiger partial charge in [-0.05, 0) is 59.6 Å². The molecule has 2 rings (SSSR count). The van der Waals surface area contributed by atoms with E-state index in [2.05, 4.69) is 36.7 Å². The highest BCUT2D eigenvalue weighted by molar-refractivity contribution is 7.80. The highest BCUT2D eigenvalue weighted by Gasteiger charge is 2.21. The van der Waals surface area contributed by atoms with Crippen LogP contribution in [0.2, 0.25) is 0 Å². The van der Waals surface area contributed by atoms with E-state index in [1.54, 1.807) is 36.4 Å². The Morgan fingerprint density at radius 1 is 0.759 bits per heavy atom. The Balaban J connectivity index is 1.93. The van der Waals surface area contributed by atoms with E-state index >= 15 is 0 Å². The van der Waals surface area contributed by atoms with E-state index in [4.69, 9.17) is 12.2 Å². The lowest BCUT2D eigenvalue weighted by Crippen LogP contribution is -2.34. The summed E-state index contributed by atoms with van der Waals surface area (Å²) in [6.07, 6.45) is 0. The molecule has 0 bridgehead atoms. The van der Waals surface area contributed by atoms with E-state index in [0.29, 0.717) is 16.9 Å². The molecule has 0 saturated carbocycles. The lowest BCUT2D eigenvalue weighted by molar-refractivity contribution is -0.123. The summed E-state index contributed by atoms with van der Waals surface area (Å²) in [7, 11) is 0. The van der Waals surface area contributed by atoms with Crippen LogP contribution in [-0.2, 0) is 10.2 Å². The molecule has 0 atom stereocenters. The van der Waals surface area contributed by atoms with Gasteiger partial charge in [0, 0.05) is 22.4 Å². The van der Waals surface area contributed by atoms with Crippen molar-refractivity contribution < 1.29 is 9.59 Å². The zero-order valence-electron chi connectivity index (χ0n) is 17.8. The van der Waals surface area contributed by atoms with E-state index < -0.39 is 5.41 Å². The normalized spacial score (nSPS) is 11.5. The zero-order valence-corrected chi connectivity index (χ0v) is 18.7. The van der Waals surface area contributed by atoms with Gasteiger partial charge in [0.15, 0.2) is 5.11 Å². The summed E-state index contributed by atoms with van der Waals surface area (Å²) in [5.74, 6) is -0.324. The molecular formula is C23H29N3O2S. The van der Waals surface area contributed by atoms with Gasteiger partial charge < -0.3 is 10.6 Å². The molecule has 0 saturated heterocycles. The number of carbonyl (C=O) groups excluding carboxylic acids is 2. The molecule has 0 spiro atoms.